The number of hydrogen-bond acceptors (Lipinski definition) is 7. The van der Waals surface area contributed by atoms with E-state index in [1.165, 1.54) is 0 Å². The van der Waals surface area contributed by atoms with Crippen LogP contribution in [0.4, 0.5) is 24.8 Å². The molecule has 0 amide bonds. The van der Waals surface area contributed by atoms with Crippen LogP contribution in [0.1, 0.15) is 42.7 Å². The van der Waals surface area contributed by atoms with Crippen LogP contribution in [0.3, 0.4) is 0 Å². The van der Waals surface area contributed by atoms with Crippen LogP contribution < -0.4 is 16.4 Å². The molecule has 2 fully saturated rings. The van der Waals surface area contributed by atoms with Crippen molar-refractivity contribution in [2.75, 3.05) is 23.7 Å². The predicted molar refractivity (Wildman–Crippen MR) is 136 cm³/mol. The fourth-order valence-electron chi connectivity index (χ4n) is 5.16. The Kier molecular flexibility index (Phi) is 6.61. The number of nitrogens with zero attached hydrogens (tertiary/aromatic N) is 3. The van der Waals surface area contributed by atoms with Gasteiger partial charge in [0.2, 0.25) is 0 Å². The third-order valence-electron chi connectivity index (χ3n) is 7.33. The predicted octanol–water partition coefficient (Wildman–Crippen LogP) is 4.39. The summed E-state index contributed by atoms with van der Waals surface area (Å²) in [6.45, 7) is 1.51. The van der Waals surface area contributed by atoms with Crippen molar-refractivity contribution in [2.24, 2.45) is 5.73 Å². The van der Waals surface area contributed by atoms with Crippen molar-refractivity contribution < 1.29 is 21.6 Å². The number of hydrogen-bond donors (Lipinski definition) is 2. The first-order chi connectivity index (χ1) is 17.5. The van der Waals surface area contributed by atoms with Crippen LogP contribution in [-0.2, 0) is 16.0 Å². The lowest BCUT2D eigenvalue weighted by Gasteiger charge is -2.37. The molecule has 5 rings (SSSR count). The second kappa shape index (κ2) is 9.60. The minimum atomic E-state index is -4.51. The van der Waals surface area contributed by atoms with Crippen molar-refractivity contribution >= 4 is 21.5 Å². The van der Waals surface area contributed by atoms with E-state index < -0.39 is 26.8 Å². The number of anilines is 2. The molecule has 1 aliphatic carbocycles. The second-order valence-electron chi connectivity index (χ2n) is 9.81. The summed E-state index contributed by atoms with van der Waals surface area (Å²) in [7, 11) is -3.59. The van der Waals surface area contributed by atoms with Crippen LogP contribution in [0.2, 0.25) is 0 Å². The molecule has 0 radical (unpaired) electrons. The summed E-state index contributed by atoms with van der Waals surface area (Å²) in [4.78, 5) is 10.4. The van der Waals surface area contributed by atoms with Crippen molar-refractivity contribution in [1.29, 1.82) is 0 Å². The minimum absolute atomic E-state index is 0.0612. The number of aromatic nitrogens is 2. The molecular formula is C26H28F3N5O2S. The molecule has 0 bridgehead atoms. The molecule has 7 nitrogen and oxygen atoms in total. The summed E-state index contributed by atoms with van der Waals surface area (Å²) in [5, 5.41) is -0.599. The van der Waals surface area contributed by atoms with E-state index in [2.05, 4.69) is 14.9 Å². The molecule has 196 valence electrons. The van der Waals surface area contributed by atoms with E-state index in [-0.39, 0.29) is 22.7 Å². The molecule has 3 aromatic rings. The van der Waals surface area contributed by atoms with Crippen LogP contribution in [0, 0.1) is 0 Å². The molecule has 0 atom stereocenters. The van der Waals surface area contributed by atoms with Gasteiger partial charge in [-0.05, 0) is 78.6 Å². The molecule has 0 unspecified atom stereocenters. The first-order valence-corrected chi connectivity index (χ1v) is 13.7. The molecule has 2 aromatic heterocycles. The fraction of sp³-hybridized carbons (Fsp3) is 0.385. The SMILES string of the molecule is Nc1ncc(C(F)(F)F)cc1C1CCC(S(=O)(=O)c2ccc(-c3ccnc(N4CC(N)C4)c3)cc2)CC1. The van der Waals surface area contributed by atoms with E-state index >= 15 is 0 Å². The molecule has 1 saturated carbocycles. The maximum atomic E-state index is 13.3. The lowest BCUT2D eigenvalue weighted by molar-refractivity contribution is -0.137. The summed E-state index contributed by atoms with van der Waals surface area (Å²) in [5.41, 5.74) is 13.0. The van der Waals surface area contributed by atoms with Gasteiger partial charge < -0.3 is 16.4 Å². The lowest BCUT2D eigenvalue weighted by Crippen LogP contribution is -2.56. The van der Waals surface area contributed by atoms with Gasteiger partial charge in [-0.2, -0.15) is 13.2 Å². The van der Waals surface area contributed by atoms with Gasteiger partial charge in [-0.1, -0.05) is 12.1 Å². The molecule has 1 aromatic carbocycles. The summed E-state index contributed by atoms with van der Waals surface area (Å²) >= 11 is 0. The molecule has 3 heterocycles. The first-order valence-electron chi connectivity index (χ1n) is 12.2. The standard InChI is InChI=1S/C26H28F3N5O2S/c27-26(28,29)19-12-23(25(31)33-13-19)17-3-7-22(8-4-17)37(35,36)21-5-1-16(2-6-21)18-9-10-32-24(11-18)34-14-20(30)15-34/h1-2,5-6,9-13,17,20,22H,3-4,7-8,14-15,30H2,(H2,31,33). The van der Waals surface area contributed by atoms with Gasteiger partial charge in [-0.25, -0.2) is 18.4 Å². The minimum Gasteiger partial charge on any atom is -0.383 e. The normalized spacial score (nSPS) is 21.0. The summed E-state index contributed by atoms with van der Waals surface area (Å²) in [5.74, 6) is 0.640. The molecular weight excluding hydrogens is 503 g/mol. The van der Waals surface area contributed by atoms with E-state index in [0.717, 1.165) is 42.3 Å². The van der Waals surface area contributed by atoms with E-state index in [4.69, 9.17) is 11.5 Å². The Morgan fingerprint density at radius 3 is 2.22 bits per heavy atom. The van der Waals surface area contributed by atoms with Gasteiger partial charge in [-0.15, -0.1) is 0 Å². The molecule has 37 heavy (non-hydrogen) atoms. The van der Waals surface area contributed by atoms with Gasteiger partial charge in [0, 0.05) is 31.5 Å². The van der Waals surface area contributed by atoms with E-state index in [1.807, 2.05) is 12.1 Å². The first kappa shape index (κ1) is 25.5. The smallest absolute Gasteiger partial charge is 0.383 e. The zero-order valence-electron chi connectivity index (χ0n) is 20.0. The Bertz CT molecular complexity index is 1380. The van der Waals surface area contributed by atoms with Crippen molar-refractivity contribution in [1.82, 2.24) is 9.97 Å². The van der Waals surface area contributed by atoms with Crippen molar-refractivity contribution in [3.05, 3.63) is 66.0 Å². The Morgan fingerprint density at radius 2 is 1.59 bits per heavy atom. The number of rotatable bonds is 5. The van der Waals surface area contributed by atoms with E-state index in [9.17, 15) is 21.6 Å². The third kappa shape index (κ3) is 5.15. The monoisotopic (exact) mass is 531 g/mol. The van der Waals surface area contributed by atoms with Crippen LogP contribution in [0.5, 0.6) is 0 Å². The quantitative estimate of drug-likeness (QED) is 0.502. The van der Waals surface area contributed by atoms with Gasteiger partial charge in [-0.3, -0.25) is 0 Å². The highest BCUT2D eigenvalue weighted by Gasteiger charge is 2.36. The Balaban J connectivity index is 1.27. The molecule has 2 aliphatic rings. The third-order valence-corrected chi connectivity index (χ3v) is 9.60. The Labute approximate surface area is 213 Å². The van der Waals surface area contributed by atoms with Crippen LogP contribution >= 0.6 is 0 Å². The van der Waals surface area contributed by atoms with Crippen LogP contribution in [-0.4, -0.2) is 42.8 Å². The summed E-state index contributed by atoms with van der Waals surface area (Å²) < 4.78 is 66.1. The van der Waals surface area contributed by atoms with Gasteiger partial charge in [0.05, 0.1) is 15.7 Å². The molecule has 0 spiro atoms. The molecule has 11 heteroatoms. The van der Waals surface area contributed by atoms with Crippen molar-refractivity contribution in [3.63, 3.8) is 0 Å². The topological polar surface area (TPSA) is 115 Å². The van der Waals surface area contributed by atoms with Crippen LogP contribution in [0.15, 0.2) is 59.8 Å². The highest BCUT2D eigenvalue weighted by molar-refractivity contribution is 7.92. The number of nitrogen functional groups attached to an aromatic ring is 1. The van der Waals surface area contributed by atoms with Gasteiger partial charge in [0.15, 0.2) is 9.84 Å². The zero-order chi connectivity index (χ0) is 26.4. The maximum absolute atomic E-state index is 13.3. The number of sulfone groups is 1. The number of pyridine rings is 2. The number of halogens is 3. The molecule has 1 saturated heterocycles. The Morgan fingerprint density at radius 1 is 0.919 bits per heavy atom. The molecule has 1 aliphatic heterocycles. The van der Waals surface area contributed by atoms with E-state index in [1.54, 1.807) is 30.5 Å². The number of benzene rings is 1. The van der Waals surface area contributed by atoms with E-state index in [0.29, 0.717) is 31.2 Å². The van der Waals surface area contributed by atoms with Crippen molar-refractivity contribution in [2.45, 2.75) is 54.0 Å². The average molecular weight is 532 g/mol. The average Bonchev–Trinajstić information content (AvgIpc) is 2.87. The highest BCUT2D eigenvalue weighted by atomic mass is 32.2. The second-order valence-corrected chi connectivity index (χ2v) is 12.0. The number of alkyl halides is 3. The fourth-order valence-corrected chi connectivity index (χ4v) is 6.95. The maximum Gasteiger partial charge on any atom is 0.417 e. The highest BCUT2D eigenvalue weighted by Crippen LogP contribution is 2.41. The summed E-state index contributed by atoms with van der Waals surface area (Å²) in [6, 6.07) is 11.8. The van der Waals surface area contributed by atoms with Gasteiger partial charge in [0.25, 0.3) is 0 Å². The van der Waals surface area contributed by atoms with Gasteiger partial charge in [0.1, 0.15) is 11.6 Å². The van der Waals surface area contributed by atoms with Crippen molar-refractivity contribution in [3.8, 4) is 11.1 Å². The summed E-state index contributed by atoms with van der Waals surface area (Å²) in [6.07, 6.45) is -0.519. The zero-order valence-corrected chi connectivity index (χ0v) is 20.8. The van der Waals surface area contributed by atoms with Gasteiger partial charge >= 0.3 is 6.18 Å². The number of nitrogens with two attached hydrogens (primary N) is 2. The Hall–Kier alpha value is -3.18. The largest absolute Gasteiger partial charge is 0.417 e. The van der Waals surface area contributed by atoms with Crippen LogP contribution in [0.25, 0.3) is 11.1 Å². The molecule has 4 N–H and O–H groups in total. The lowest BCUT2D eigenvalue weighted by atomic mass is 9.83.